The highest BCUT2D eigenvalue weighted by atomic mass is 35.5. The van der Waals surface area contributed by atoms with Crippen molar-refractivity contribution < 1.29 is 13.2 Å². The van der Waals surface area contributed by atoms with Gasteiger partial charge in [0.1, 0.15) is 0 Å². The number of anilines is 1. The minimum Gasteiger partial charge on any atom is -0.325 e. The number of rotatable bonds is 8. The van der Waals surface area contributed by atoms with Gasteiger partial charge in [0.15, 0.2) is 0 Å². The Balaban J connectivity index is 1.54. The summed E-state index contributed by atoms with van der Waals surface area (Å²) in [6, 6.07) is 22.9. The fraction of sp³-hybridized carbons (Fsp3) is 0.136. The summed E-state index contributed by atoms with van der Waals surface area (Å²) >= 11 is 6.03. The van der Waals surface area contributed by atoms with E-state index in [0.717, 1.165) is 11.1 Å². The maximum absolute atomic E-state index is 12.4. The molecule has 0 bridgehead atoms. The molecule has 0 spiro atoms. The average Bonchev–Trinajstić information content (AvgIpc) is 2.74. The largest absolute Gasteiger partial charge is 0.325 e. The summed E-state index contributed by atoms with van der Waals surface area (Å²) in [5.41, 5.74) is 2.34. The molecule has 7 heteroatoms. The quantitative estimate of drug-likeness (QED) is 0.558. The summed E-state index contributed by atoms with van der Waals surface area (Å²) in [6.45, 7) is 0.229. The van der Waals surface area contributed by atoms with Gasteiger partial charge in [-0.15, -0.1) is 0 Å². The Kier molecular flexibility index (Phi) is 7.04. The molecule has 3 rings (SSSR count). The number of benzene rings is 3. The molecule has 29 heavy (non-hydrogen) atoms. The number of hydrogen-bond donors (Lipinski definition) is 2. The lowest BCUT2D eigenvalue weighted by atomic mass is 10.1. The highest BCUT2D eigenvalue weighted by Gasteiger charge is 2.13. The topological polar surface area (TPSA) is 75.3 Å². The molecule has 0 aliphatic heterocycles. The number of halogens is 1. The molecule has 0 saturated carbocycles. The molecule has 3 aromatic rings. The Morgan fingerprint density at radius 1 is 0.828 bits per heavy atom. The fourth-order valence-electron chi connectivity index (χ4n) is 2.73. The summed E-state index contributed by atoms with van der Waals surface area (Å²) < 4.78 is 27.5. The number of carbonyl (C=O) groups excluding carboxylic acids is 1. The van der Waals surface area contributed by atoms with Crippen molar-refractivity contribution >= 4 is 33.2 Å². The van der Waals surface area contributed by atoms with Gasteiger partial charge in [-0.2, -0.15) is 0 Å². The molecule has 1 amide bonds. The third-order valence-corrected chi connectivity index (χ3v) is 6.08. The molecule has 150 valence electrons. The lowest BCUT2D eigenvalue weighted by Gasteiger charge is -2.09. The Morgan fingerprint density at radius 2 is 1.48 bits per heavy atom. The van der Waals surface area contributed by atoms with Crippen LogP contribution in [0.2, 0.25) is 5.02 Å². The molecule has 0 radical (unpaired) electrons. The molecule has 3 aromatic carbocycles. The number of hydrogen-bond acceptors (Lipinski definition) is 3. The molecule has 0 heterocycles. The third-order valence-electron chi connectivity index (χ3n) is 4.33. The molecule has 0 aromatic heterocycles. The van der Waals surface area contributed by atoms with E-state index in [0.29, 0.717) is 17.1 Å². The van der Waals surface area contributed by atoms with Crippen molar-refractivity contribution in [3.63, 3.8) is 0 Å². The standard InChI is InChI=1S/C22H21ClN2O3S/c23-20-8-4-5-9-21(20)25-22(26)15-12-17-10-13-19(14-11-17)29(27,28)24-16-18-6-2-1-3-7-18/h1-11,13-14,24H,12,15-16H2,(H,25,26). The second-order valence-electron chi connectivity index (χ2n) is 6.48. The SMILES string of the molecule is O=C(CCc1ccc(S(=O)(=O)NCc2ccccc2)cc1)Nc1ccccc1Cl. The molecule has 0 saturated heterocycles. The van der Waals surface area contributed by atoms with Gasteiger partial charge in [0.25, 0.3) is 0 Å². The van der Waals surface area contributed by atoms with Gasteiger partial charge in [-0.3, -0.25) is 4.79 Å². The predicted molar refractivity (Wildman–Crippen MR) is 115 cm³/mol. The van der Waals surface area contributed by atoms with Crippen LogP contribution in [0.5, 0.6) is 0 Å². The summed E-state index contributed by atoms with van der Waals surface area (Å²) in [4.78, 5) is 12.3. The monoisotopic (exact) mass is 428 g/mol. The lowest BCUT2D eigenvalue weighted by Crippen LogP contribution is -2.23. The first-order valence-electron chi connectivity index (χ1n) is 9.11. The number of carbonyl (C=O) groups is 1. The van der Waals surface area contributed by atoms with Crippen molar-refractivity contribution in [2.24, 2.45) is 0 Å². The maximum Gasteiger partial charge on any atom is 0.240 e. The molecule has 2 N–H and O–H groups in total. The number of sulfonamides is 1. The molecule has 0 atom stereocenters. The molecular weight excluding hydrogens is 408 g/mol. The maximum atomic E-state index is 12.4. The zero-order valence-corrected chi connectivity index (χ0v) is 17.2. The fourth-order valence-corrected chi connectivity index (χ4v) is 3.93. The van der Waals surface area contributed by atoms with Gasteiger partial charge in [-0.1, -0.05) is 66.2 Å². The normalized spacial score (nSPS) is 11.2. The van der Waals surface area contributed by atoms with E-state index >= 15 is 0 Å². The first-order valence-corrected chi connectivity index (χ1v) is 11.0. The van der Waals surface area contributed by atoms with Gasteiger partial charge < -0.3 is 5.32 Å². The van der Waals surface area contributed by atoms with Gasteiger partial charge in [0.2, 0.25) is 15.9 Å². The molecule has 5 nitrogen and oxygen atoms in total. The minimum absolute atomic E-state index is 0.153. The van der Waals surface area contributed by atoms with Gasteiger partial charge in [-0.25, -0.2) is 13.1 Å². The van der Waals surface area contributed by atoms with Crippen LogP contribution in [0.4, 0.5) is 5.69 Å². The van der Waals surface area contributed by atoms with Gasteiger partial charge in [0.05, 0.1) is 15.6 Å². The molecule has 0 unspecified atom stereocenters. The number of aryl methyl sites for hydroxylation is 1. The van der Waals surface area contributed by atoms with Crippen LogP contribution in [0, 0.1) is 0 Å². The summed E-state index contributed by atoms with van der Waals surface area (Å²) in [5.74, 6) is -0.153. The number of amides is 1. The smallest absolute Gasteiger partial charge is 0.240 e. The second kappa shape index (κ2) is 9.69. The van der Waals surface area contributed by atoms with Crippen molar-refractivity contribution in [1.29, 1.82) is 0 Å². The van der Waals surface area contributed by atoms with E-state index < -0.39 is 10.0 Å². The summed E-state index contributed by atoms with van der Waals surface area (Å²) in [5, 5.41) is 3.26. The molecule has 0 aliphatic carbocycles. The predicted octanol–water partition coefficient (Wildman–Crippen LogP) is 4.39. The van der Waals surface area contributed by atoms with Crippen LogP contribution in [0.15, 0.2) is 83.8 Å². The van der Waals surface area contributed by atoms with Crippen LogP contribution < -0.4 is 10.0 Å². The Hall–Kier alpha value is -2.67. The van der Waals surface area contributed by atoms with Crippen molar-refractivity contribution in [3.05, 3.63) is 95.0 Å². The Labute approximate surface area is 175 Å². The van der Waals surface area contributed by atoms with E-state index in [-0.39, 0.29) is 23.8 Å². The zero-order chi connectivity index (χ0) is 20.7. The van der Waals surface area contributed by atoms with Crippen LogP contribution in [0.3, 0.4) is 0 Å². The molecule has 0 fully saturated rings. The van der Waals surface area contributed by atoms with Crippen molar-refractivity contribution in [2.75, 3.05) is 5.32 Å². The summed E-state index contributed by atoms with van der Waals surface area (Å²) in [6.07, 6.45) is 0.762. The van der Waals surface area contributed by atoms with E-state index in [9.17, 15) is 13.2 Å². The number of para-hydroxylation sites is 1. The third kappa shape index (κ3) is 6.15. The van der Waals surface area contributed by atoms with Crippen LogP contribution in [-0.2, 0) is 27.8 Å². The van der Waals surface area contributed by atoms with Crippen LogP contribution in [0.1, 0.15) is 17.5 Å². The van der Waals surface area contributed by atoms with E-state index in [1.807, 2.05) is 30.3 Å². The van der Waals surface area contributed by atoms with Gasteiger partial charge in [-0.05, 0) is 41.8 Å². The van der Waals surface area contributed by atoms with E-state index in [1.165, 1.54) is 0 Å². The van der Waals surface area contributed by atoms with E-state index in [1.54, 1.807) is 48.5 Å². The van der Waals surface area contributed by atoms with Crippen molar-refractivity contribution in [1.82, 2.24) is 4.72 Å². The van der Waals surface area contributed by atoms with Crippen LogP contribution in [0.25, 0.3) is 0 Å². The Bertz CT molecular complexity index is 1070. The molecular formula is C22H21ClN2O3S. The van der Waals surface area contributed by atoms with Crippen molar-refractivity contribution in [3.8, 4) is 0 Å². The van der Waals surface area contributed by atoms with Crippen LogP contribution >= 0.6 is 11.6 Å². The first kappa shape index (κ1) is 21.0. The average molecular weight is 429 g/mol. The molecule has 0 aliphatic rings. The first-order chi connectivity index (χ1) is 13.9. The highest BCUT2D eigenvalue weighted by molar-refractivity contribution is 7.89. The summed E-state index contributed by atoms with van der Waals surface area (Å²) in [7, 11) is -3.60. The van der Waals surface area contributed by atoms with Crippen molar-refractivity contribution in [2.45, 2.75) is 24.3 Å². The van der Waals surface area contributed by atoms with Gasteiger partial charge >= 0.3 is 0 Å². The second-order valence-corrected chi connectivity index (χ2v) is 8.66. The number of nitrogens with one attached hydrogen (secondary N) is 2. The Morgan fingerprint density at radius 3 is 2.17 bits per heavy atom. The van der Waals surface area contributed by atoms with E-state index in [4.69, 9.17) is 11.6 Å². The lowest BCUT2D eigenvalue weighted by molar-refractivity contribution is -0.116. The zero-order valence-electron chi connectivity index (χ0n) is 15.6. The minimum atomic E-state index is -3.60. The van der Waals surface area contributed by atoms with Crippen LogP contribution in [-0.4, -0.2) is 14.3 Å². The highest BCUT2D eigenvalue weighted by Crippen LogP contribution is 2.21. The van der Waals surface area contributed by atoms with E-state index in [2.05, 4.69) is 10.0 Å². The van der Waals surface area contributed by atoms with Gasteiger partial charge in [0, 0.05) is 13.0 Å².